The molecule has 0 saturated carbocycles. The van der Waals surface area contributed by atoms with Crippen LogP contribution in [0.15, 0.2) is 46.5 Å². The minimum absolute atomic E-state index is 0.0195. The molecule has 1 saturated heterocycles. The van der Waals surface area contributed by atoms with Gasteiger partial charge in [0.1, 0.15) is 5.76 Å². The molecule has 1 aromatic carbocycles. The lowest BCUT2D eigenvalue weighted by molar-refractivity contribution is 0.0539. The van der Waals surface area contributed by atoms with Crippen LogP contribution in [0, 0.1) is 19.8 Å². The molecule has 0 bridgehead atoms. The van der Waals surface area contributed by atoms with E-state index in [4.69, 9.17) is 9.26 Å². The van der Waals surface area contributed by atoms with Gasteiger partial charge in [0.15, 0.2) is 0 Å². The van der Waals surface area contributed by atoms with Crippen molar-refractivity contribution in [2.24, 2.45) is 5.92 Å². The summed E-state index contributed by atoms with van der Waals surface area (Å²) >= 11 is 0. The van der Waals surface area contributed by atoms with Crippen molar-refractivity contribution >= 4 is 11.7 Å². The number of fused-ring (bicyclic) bond motifs is 1. The molecule has 6 nitrogen and oxygen atoms in total. The van der Waals surface area contributed by atoms with Gasteiger partial charge >= 0.3 is 6.03 Å². The molecule has 6 heteroatoms. The molecular weight excluding hydrogens is 390 g/mol. The monoisotopic (exact) mass is 419 g/mol. The number of carbonyl (C=O) groups excluding carboxylic acids is 1. The predicted molar refractivity (Wildman–Crippen MR) is 120 cm³/mol. The summed E-state index contributed by atoms with van der Waals surface area (Å²) in [5, 5.41) is 7.26. The summed E-state index contributed by atoms with van der Waals surface area (Å²) in [5.41, 5.74) is 6.19. The third kappa shape index (κ3) is 3.81. The first-order chi connectivity index (χ1) is 15.1. The first-order valence-electron chi connectivity index (χ1n) is 11.2. The number of allylic oxidation sites excluding steroid dienone is 2. The first-order valence-corrected chi connectivity index (χ1v) is 11.2. The second-order valence-corrected chi connectivity index (χ2v) is 8.73. The highest BCUT2D eigenvalue weighted by atomic mass is 16.5. The van der Waals surface area contributed by atoms with Gasteiger partial charge in [0.25, 0.3) is 0 Å². The van der Waals surface area contributed by atoms with Gasteiger partial charge in [0, 0.05) is 36.6 Å². The molecule has 0 spiro atoms. The summed E-state index contributed by atoms with van der Waals surface area (Å²) in [7, 11) is 0. The molecule has 1 unspecified atom stereocenters. The van der Waals surface area contributed by atoms with E-state index in [2.05, 4.69) is 34.8 Å². The van der Waals surface area contributed by atoms with Crippen molar-refractivity contribution in [1.29, 1.82) is 0 Å². The minimum Gasteiger partial charge on any atom is -0.381 e. The Balaban J connectivity index is 1.58. The fourth-order valence-corrected chi connectivity index (χ4v) is 5.02. The normalized spacial score (nSPS) is 21.6. The molecular formula is C25H29N3O3. The number of ether oxygens (including phenoxy) is 1. The number of hydrogen-bond donors (Lipinski definition) is 1. The zero-order valence-corrected chi connectivity index (χ0v) is 18.2. The average molecular weight is 420 g/mol. The van der Waals surface area contributed by atoms with E-state index < -0.39 is 0 Å². The van der Waals surface area contributed by atoms with Crippen molar-refractivity contribution in [1.82, 2.24) is 10.1 Å². The molecule has 1 aliphatic carbocycles. The highest BCUT2D eigenvalue weighted by molar-refractivity contribution is 5.94. The number of rotatable bonds is 4. The van der Waals surface area contributed by atoms with Crippen LogP contribution in [0.3, 0.4) is 0 Å². The van der Waals surface area contributed by atoms with Gasteiger partial charge in [0.05, 0.1) is 11.7 Å². The summed E-state index contributed by atoms with van der Waals surface area (Å²) in [6.45, 7) is 6.20. The molecule has 2 aliphatic heterocycles. The average Bonchev–Trinajstić information content (AvgIpc) is 3.13. The van der Waals surface area contributed by atoms with Crippen molar-refractivity contribution in [3.63, 3.8) is 0 Å². The number of aryl methyl sites for hydroxylation is 2. The Morgan fingerprint density at radius 2 is 2.03 bits per heavy atom. The zero-order valence-electron chi connectivity index (χ0n) is 18.2. The maximum absolute atomic E-state index is 13.2. The van der Waals surface area contributed by atoms with Gasteiger partial charge in [-0.3, -0.25) is 0 Å². The summed E-state index contributed by atoms with van der Waals surface area (Å²) in [6.07, 6.45) is 10.7. The van der Waals surface area contributed by atoms with Crippen molar-refractivity contribution < 1.29 is 14.1 Å². The van der Waals surface area contributed by atoms with E-state index in [0.29, 0.717) is 5.92 Å². The molecule has 3 heterocycles. The molecule has 2 aromatic rings. The number of benzene rings is 1. The van der Waals surface area contributed by atoms with E-state index in [1.54, 1.807) is 0 Å². The molecule has 5 rings (SSSR count). The number of nitrogens with one attached hydrogen (secondary N) is 1. The molecule has 1 aromatic heterocycles. The molecule has 2 amide bonds. The van der Waals surface area contributed by atoms with Crippen LogP contribution in [0.1, 0.15) is 48.7 Å². The van der Waals surface area contributed by atoms with Crippen molar-refractivity contribution in [3.05, 3.63) is 59.0 Å². The maximum atomic E-state index is 13.2. The second-order valence-electron chi connectivity index (χ2n) is 8.73. The van der Waals surface area contributed by atoms with Gasteiger partial charge in [-0.05, 0) is 68.7 Å². The standard InChI is InChI=1S/C25H29N3O3/c1-16-23(17(2)31-27-16)20-8-9-22-21(14-20)24(19-6-4-3-5-7-19)28(25(29)26-22)15-18-10-12-30-13-11-18/h4,6-9,14,18,24H,3,5,10-13,15H2,1-2H3,(H,26,29). The Morgan fingerprint density at radius 3 is 2.74 bits per heavy atom. The summed E-state index contributed by atoms with van der Waals surface area (Å²) < 4.78 is 10.9. The lowest BCUT2D eigenvalue weighted by Gasteiger charge is -2.41. The fraction of sp³-hybridized carbons (Fsp3) is 0.440. The number of carbonyl (C=O) groups is 1. The largest absolute Gasteiger partial charge is 0.381 e. The Bertz CT molecular complexity index is 1030. The quantitative estimate of drug-likeness (QED) is 0.705. The summed E-state index contributed by atoms with van der Waals surface area (Å²) in [6, 6.07) is 6.15. The maximum Gasteiger partial charge on any atom is 0.322 e. The molecule has 0 radical (unpaired) electrons. The zero-order chi connectivity index (χ0) is 21.4. The number of nitrogens with zero attached hydrogens (tertiary/aromatic N) is 2. The number of urea groups is 1. The van der Waals surface area contributed by atoms with Crippen LogP contribution in [0.2, 0.25) is 0 Å². The lowest BCUT2D eigenvalue weighted by Crippen LogP contribution is -2.46. The molecule has 1 fully saturated rings. The first kappa shape index (κ1) is 20.1. The smallest absolute Gasteiger partial charge is 0.322 e. The van der Waals surface area contributed by atoms with Crippen LogP contribution in [0.4, 0.5) is 10.5 Å². The van der Waals surface area contributed by atoms with E-state index in [-0.39, 0.29) is 12.1 Å². The fourth-order valence-electron chi connectivity index (χ4n) is 5.02. The number of anilines is 1. The van der Waals surface area contributed by atoms with Crippen LogP contribution in [-0.4, -0.2) is 35.8 Å². The van der Waals surface area contributed by atoms with E-state index >= 15 is 0 Å². The topological polar surface area (TPSA) is 67.6 Å². The Hall–Kier alpha value is -2.86. The number of aromatic nitrogens is 1. The van der Waals surface area contributed by atoms with Crippen molar-refractivity contribution in [3.8, 4) is 11.1 Å². The summed E-state index contributed by atoms with van der Waals surface area (Å²) in [5.74, 6) is 1.27. The van der Waals surface area contributed by atoms with E-state index in [0.717, 1.165) is 79.3 Å². The van der Waals surface area contributed by atoms with Crippen molar-refractivity contribution in [2.45, 2.75) is 45.6 Å². The Kier molecular flexibility index (Phi) is 5.40. The highest BCUT2D eigenvalue weighted by Crippen LogP contribution is 2.42. The summed E-state index contributed by atoms with van der Waals surface area (Å²) in [4.78, 5) is 15.2. The van der Waals surface area contributed by atoms with Gasteiger partial charge in [-0.15, -0.1) is 0 Å². The van der Waals surface area contributed by atoms with E-state index in [1.807, 2.05) is 30.9 Å². The highest BCUT2D eigenvalue weighted by Gasteiger charge is 2.36. The molecule has 162 valence electrons. The van der Waals surface area contributed by atoms with Gasteiger partial charge in [-0.1, -0.05) is 29.5 Å². The predicted octanol–water partition coefficient (Wildman–Crippen LogP) is 5.55. The minimum atomic E-state index is -0.0939. The Morgan fingerprint density at radius 1 is 1.19 bits per heavy atom. The Labute approximate surface area is 182 Å². The second kappa shape index (κ2) is 8.35. The van der Waals surface area contributed by atoms with Crippen LogP contribution < -0.4 is 5.32 Å². The van der Waals surface area contributed by atoms with Gasteiger partial charge in [-0.2, -0.15) is 0 Å². The number of hydrogen-bond acceptors (Lipinski definition) is 4. The lowest BCUT2D eigenvalue weighted by atomic mass is 9.87. The van der Waals surface area contributed by atoms with Crippen LogP contribution >= 0.6 is 0 Å². The van der Waals surface area contributed by atoms with E-state index in [9.17, 15) is 4.79 Å². The van der Waals surface area contributed by atoms with Gasteiger partial charge in [0.2, 0.25) is 0 Å². The van der Waals surface area contributed by atoms with Crippen molar-refractivity contribution in [2.75, 3.05) is 25.1 Å². The van der Waals surface area contributed by atoms with Crippen LogP contribution in [0.5, 0.6) is 0 Å². The van der Waals surface area contributed by atoms with Gasteiger partial charge in [-0.25, -0.2) is 4.79 Å². The van der Waals surface area contributed by atoms with Gasteiger partial charge < -0.3 is 19.5 Å². The third-order valence-corrected chi connectivity index (χ3v) is 6.62. The molecule has 1 atom stereocenters. The number of amides is 2. The third-order valence-electron chi connectivity index (χ3n) is 6.62. The molecule has 31 heavy (non-hydrogen) atoms. The van der Waals surface area contributed by atoms with Crippen LogP contribution in [0.25, 0.3) is 11.1 Å². The SMILES string of the molecule is Cc1noc(C)c1-c1ccc2c(c1)C(C1=CCCC=C1)N(CC1CCOCC1)C(=O)N2. The molecule has 3 aliphatic rings. The van der Waals surface area contributed by atoms with Crippen LogP contribution in [-0.2, 0) is 4.74 Å². The van der Waals surface area contributed by atoms with E-state index in [1.165, 1.54) is 5.57 Å². The molecule has 1 N–H and O–H groups in total.